The first kappa shape index (κ1) is 23.3. The molecule has 0 N–H and O–H groups in total. The van der Waals surface area contributed by atoms with Crippen molar-refractivity contribution in [3.63, 3.8) is 0 Å². The molecule has 1 atom stereocenters. The molecule has 0 saturated carbocycles. The second-order valence-electron chi connectivity index (χ2n) is 9.14. The fraction of sp³-hybridized carbons (Fsp3) is 0.591. The number of rotatable bonds is 4. The summed E-state index contributed by atoms with van der Waals surface area (Å²) in [5, 5.41) is 4.66. The van der Waals surface area contributed by atoms with Gasteiger partial charge in [0.2, 0.25) is 10.0 Å². The zero-order chi connectivity index (χ0) is 23.4. The summed E-state index contributed by atoms with van der Waals surface area (Å²) in [5.41, 5.74) is 5.42. The molecule has 1 aromatic carbocycles. The Bertz CT molecular complexity index is 1230. The van der Waals surface area contributed by atoms with Crippen LogP contribution in [0.1, 0.15) is 40.5 Å². The van der Waals surface area contributed by atoms with Crippen molar-refractivity contribution in [1.29, 1.82) is 0 Å². The van der Waals surface area contributed by atoms with Crippen molar-refractivity contribution >= 4 is 25.5 Å². The van der Waals surface area contributed by atoms with Gasteiger partial charge < -0.3 is 4.90 Å². The van der Waals surface area contributed by atoms with Gasteiger partial charge in [-0.1, -0.05) is 17.7 Å². The van der Waals surface area contributed by atoms with E-state index in [2.05, 4.69) is 10.00 Å². The van der Waals surface area contributed by atoms with Gasteiger partial charge in [-0.25, -0.2) is 16.8 Å². The number of sulfone groups is 1. The molecule has 32 heavy (non-hydrogen) atoms. The highest BCUT2D eigenvalue weighted by Crippen LogP contribution is 2.33. The number of hydrogen-bond donors (Lipinski definition) is 0. The third-order valence-electron chi connectivity index (χ3n) is 6.60. The molecule has 0 bridgehead atoms. The minimum Gasteiger partial charge on any atom is -0.366 e. The van der Waals surface area contributed by atoms with E-state index in [9.17, 15) is 16.8 Å². The average molecular weight is 481 g/mol. The summed E-state index contributed by atoms with van der Waals surface area (Å²) < 4.78 is 54.1. The van der Waals surface area contributed by atoms with Crippen LogP contribution in [0.2, 0.25) is 0 Å². The van der Waals surface area contributed by atoms with Crippen molar-refractivity contribution < 1.29 is 16.8 Å². The first-order valence-corrected chi connectivity index (χ1v) is 14.3. The van der Waals surface area contributed by atoms with Crippen LogP contribution in [0.3, 0.4) is 0 Å². The lowest BCUT2D eigenvalue weighted by Gasteiger charge is -2.36. The number of aryl methyl sites for hydroxylation is 4. The highest BCUT2D eigenvalue weighted by molar-refractivity contribution is 7.91. The van der Waals surface area contributed by atoms with Gasteiger partial charge >= 0.3 is 0 Å². The van der Waals surface area contributed by atoms with Crippen molar-refractivity contribution in [1.82, 2.24) is 14.1 Å². The van der Waals surface area contributed by atoms with Gasteiger partial charge in [-0.2, -0.15) is 9.40 Å². The van der Waals surface area contributed by atoms with Crippen molar-refractivity contribution in [3.8, 4) is 0 Å². The summed E-state index contributed by atoms with van der Waals surface area (Å²) in [6, 6.07) is 3.71. The molecule has 176 valence electrons. The fourth-order valence-corrected chi connectivity index (χ4v) is 8.82. The normalized spacial score (nSPS) is 21.9. The van der Waals surface area contributed by atoms with Gasteiger partial charge in [0.05, 0.1) is 39.5 Å². The molecule has 2 aromatic rings. The van der Waals surface area contributed by atoms with E-state index in [4.69, 9.17) is 0 Å². The summed E-state index contributed by atoms with van der Waals surface area (Å²) >= 11 is 0. The Morgan fingerprint density at radius 1 is 0.969 bits per heavy atom. The monoisotopic (exact) mass is 480 g/mol. The van der Waals surface area contributed by atoms with Crippen LogP contribution in [0, 0.1) is 34.6 Å². The Morgan fingerprint density at radius 2 is 1.56 bits per heavy atom. The van der Waals surface area contributed by atoms with Crippen LogP contribution < -0.4 is 4.90 Å². The van der Waals surface area contributed by atoms with Gasteiger partial charge in [0.25, 0.3) is 0 Å². The number of sulfonamides is 1. The maximum atomic E-state index is 13.4. The summed E-state index contributed by atoms with van der Waals surface area (Å²) in [7, 11) is -6.56. The molecule has 10 heteroatoms. The molecule has 0 radical (unpaired) electrons. The zero-order valence-electron chi connectivity index (χ0n) is 19.4. The first-order chi connectivity index (χ1) is 14.9. The van der Waals surface area contributed by atoms with Crippen LogP contribution in [0.5, 0.6) is 0 Å². The molecule has 2 fully saturated rings. The number of piperazine rings is 1. The second kappa shape index (κ2) is 8.14. The Labute approximate surface area is 191 Å². The van der Waals surface area contributed by atoms with E-state index in [1.54, 1.807) is 4.31 Å². The van der Waals surface area contributed by atoms with Crippen molar-refractivity contribution in [2.24, 2.45) is 0 Å². The van der Waals surface area contributed by atoms with Gasteiger partial charge in [0, 0.05) is 26.2 Å². The Balaban J connectivity index is 1.54. The SMILES string of the molecule is Cc1cc(C)c(S(=O)(=O)N2CCN(c3c(C)nn(C4CCS(=O)(=O)C4)c3C)CC2)c(C)c1. The molecule has 1 aromatic heterocycles. The quantitative estimate of drug-likeness (QED) is 0.667. The number of nitrogens with zero attached hydrogens (tertiary/aromatic N) is 4. The molecular formula is C22H32N4O4S2. The van der Waals surface area contributed by atoms with Crippen LogP contribution >= 0.6 is 0 Å². The Hall–Kier alpha value is -1.91. The van der Waals surface area contributed by atoms with Gasteiger partial charge in [0.15, 0.2) is 9.84 Å². The molecule has 2 aliphatic heterocycles. The van der Waals surface area contributed by atoms with E-state index in [1.165, 1.54) is 0 Å². The summed E-state index contributed by atoms with van der Waals surface area (Å²) in [6.07, 6.45) is 0.588. The van der Waals surface area contributed by atoms with Crippen LogP contribution in [0.4, 0.5) is 5.69 Å². The van der Waals surface area contributed by atoms with Gasteiger partial charge in [-0.3, -0.25) is 4.68 Å². The lowest BCUT2D eigenvalue weighted by molar-refractivity contribution is 0.384. The molecule has 1 unspecified atom stereocenters. The van der Waals surface area contributed by atoms with Crippen molar-refractivity contribution in [2.45, 2.75) is 52.0 Å². The lowest BCUT2D eigenvalue weighted by Crippen LogP contribution is -2.49. The van der Waals surface area contributed by atoms with Gasteiger partial charge in [-0.15, -0.1) is 0 Å². The number of hydrogen-bond acceptors (Lipinski definition) is 6. The zero-order valence-corrected chi connectivity index (χ0v) is 21.1. The molecule has 0 amide bonds. The molecule has 4 rings (SSSR count). The lowest BCUT2D eigenvalue weighted by atomic mass is 10.1. The van der Waals surface area contributed by atoms with E-state index in [0.29, 0.717) is 37.5 Å². The minimum atomic E-state index is -3.57. The summed E-state index contributed by atoms with van der Waals surface area (Å²) in [4.78, 5) is 2.59. The summed E-state index contributed by atoms with van der Waals surface area (Å²) in [6.45, 7) is 11.5. The molecule has 0 aliphatic carbocycles. The third-order valence-corrected chi connectivity index (χ3v) is 10.6. The van der Waals surface area contributed by atoms with E-state index in [-0.39, 0.29) is 17.5 Å². The predicted molar refractivity (Wildman–Crippen MR) is 126 cm³/mol. The third kappa shape index (κ3) is 4.08. The van der Waals surface area contributed by atoms with E-state index < -0.39 is 19.9 Å². The Kier molecular flexibility index (Phi) is 5.92. The molecule has 3 heterocycles. The number of aromatic nitrogens is 2. The van der Waals surface area contributed by atoms with Crippen LogP contribution in [-0.4, -0.2) is 68.6 Å². The topological polar surface area (TPSA) is 92.6 Å². The molecule has 0 spiro atoms. The fourth-order valence-electron chi connectivity index (χ4n) is 5.29. The van der Waals surface area contributed by atoms with E-state index in [1.807, 2.05) is 51.4 Å². The van der Waals surface area contributed by atoms with Crippen molar-refractivity contribution in [2.75, 3.05) is 42.6 Å². The van der Waals surface area contributed by atoms with Gasteiger partial charge in [-0.05, 0) is 52.2 Å². The van der Waals surface area contributed by atoms with E-state index in [0.717, 1.165) is 33.8 Å². The highest BCUT2D eigenvalue weighted by atomic mass is 32.2. The molecule has 2 saturated heterocycles. The summed E-state index contributed by atoms with van der Waals surface area (Å²) in [5.74, 6) is 0.343. The van der Waals surface area contributed by atoms with E-state index >= 15 is 0 Å². The average Bonchev–Trinajstić information content (AvgIpc) is 3.19. The number of benzene rings is 1. The highest BCUT2D eigenvalue weighted by Gasteiger charge is 2.35. The maximum absolute atomic E-state index is 13.4. The standard InChI is InChI=1S/C22H32N4O4S2/c1-15-12-16(2)22(17(3)13-15)32(29,30)25-9-7-24(8-10-25)21-18(4)23-26(19(21)5)20-6-11-31(27,28)14-20/h12-13,20H,6-11,14H2,1-5H3. The number of anilines is 1. The Morgan fingerprint density at radius 3 is 2.09 bits per heavy atom. The second-order valence-corrected chi connectivity index (χ2v) is 13.2. The molecular weight excluding hydrogens is 448 g/mol. The van der Waals surface area contributed by atoms with Crippen LogP contribution in [-0.2, 0) is 19.9 Å². The predicted octanol–water partition coefficient (Wildman–Crippen LogP) is 2.30. The smallest absolute Gasteiger partial charge is 0.243 e. The van der Waals surface area contributed by atoms with Gasteiger partial charge in [0.1, 0.15) is 0 Å². The first-order valence-electron chi connectivity index (χ1n) is 11.0. The largest absolute Gasteiger partial charge is 0.366 e. The molecule has 2 aliphatic rings. The minimum absolute atomic E-state index is 0.124. The maximum Gasteiger partial charge on any atom is 0.243 e. The van der Waals surface area contributed by atoms with Crippen molar-refractivity contribution in [3.05, 3.63) is 40.2 Å². The molecule has 8 nitrogen and oxygen atoms in total. The van der Waals surface area contributed by atoms with Crippen LogP contribution in [0.15, 0.2) is 17.0 Å². The van der Waals surface area contributed by atoms with Crippen LogP contribution in [0.25, 0.3) is 0 Å².